The van der Waals surface area contributed by atoms with E-state index in [1.165, 1.54) is 11.3 Å². The van der Waals surface area contributed by atoms with Crippen molar-refractivity contribution in [2.24, 2.45) is 7.05 Å². The summed E-state index contributed by atoms with van der Waals surface area (Å²) in [5.74, 6) is 0.313. The maximum Gasteiger partial charge on any atom is 0.232 e. The van der Waals surface area contributed by atoms with Crippen molar-refractivity contribution in [1.29, 1.82) is 0 Å². The Kier molecular flexibility index (Phi) is 4.40. The number of aromatic nitrogens is 4. The van der Waals surface area contributed by atoms with E-state index in [1.807, 2.05) is 35.2 Å². The number of hydrogen-bond donors (Lipinski definition) is 1. The van der Waals surface area contributed by atoms with Crippen molar-refractivity contribution >= 4 is 45.8 Å². The number of amides is 1. The molecule has 0 aliphatic heterocycles. The molecular weight excluding hydrogens is 370 g/mol. The number of hydrogen-bond acceptors (Lipinski definition) is 5. The summed E-state index contributed by atoms with van der Waals surface area (Å²) < 4.78 is 1.83. The van der Waals surface area contributed by atoms with Crippen LogP contribution in [0.3, 0.4) is 0 Å². The van der Waals surface area contributed by atoms with E-state index in [-0.39, 0.29) is 12.3 Å². The number of thiazole rings is 1. The predicted molar refractivity (Wildman–Crippen MR) is 103 cm³/mol. The lowest BCUT2D eigenvalue weighted by molar-refractivity contribution is -0.115. The number of nitrogens with one attached hydrogen (secondary N) is 1. The first kappa shape index (κ1) is 16.7. The van der Waals surface area contributed by atoms with E-state index in [4.69, 9.17) is 11.6 Å². The Labute approximate surface area is 158 Å². The molecule has 0 bridgehead atoms. The summed E-state index contributed by atoms with van der Waals surface area (Å²) in [6, 6.07) is 9.25. The van der Waals surface area contributed by atoms with Crippen LogP contribution >= 0.6 is 22.9 Å². The van der Waals surface area contributed by atoms with Crippen molar-refractivity contribution in [3.63, 3.8) is 0 Å². The molecule has 1 aromatic carbocycles. The zero-order valence-corrected chi connectivity index (χ0v) is 15.4. The SMILES string of the molecule is Cn1c(NC(=O)Cc2csc(-c3cccnc3)n2)nc2cc(Cl)ccc21. The third-order valence-electron chi connectivity index (χ3n) is 3.90. The molecule has 4 aromatic rings. The van der Waals surface area contributed by atoms with Crippen molar-refractivity contribution in [2.45, 2.75) is 6.42 Å². The zero-order valence-electron chi connectivity index (χ0n) is 13.8. The standard InChI is InChI=1S/C18H14ClN5OS/c1-24-15-5-4-12(19)7-14(15)22-18(24)23-16(25)8-13-10-26-17(21-13)11-3-2-6-20-9-11/h2-7,9-10H,8H2,1H3,(H,22,23,25). The lowest BCUT2D eigenvalue weighted by Gasteiger charge is -2.04. The topological polar surface area (TPSA) is 72.7 Å². The van der Waals surface area contributed by atoms with E-state index >= 15 is 0 Å². The monoisotopic (exact) mass is 383 g/mol. The third kappa shape index (κ3) is 3.31. The zero-order chi connectivity index (χ0) is 18.1. The van der Waals surface area contributed by atoms with Gasteiger partial charge >= 0.3 is 0 Å². The fourth-order valence-corrected chi connectivity index (χ4v) is 3.61. The molecule has 6 nitrogen and oxygen atoms in total. The molecule has 0 atom stereocenters. The minimum Gasteiger partial charge on any atom is -0.313 e. The fraction of sp³-hybridized carbons (Fsp3) is 0.111. The average Bonchev–Trinajstić information content (AvgIpc) is 3.21. The van der Waals surface area contributed by atoms with Gasteiger partial charge in [0.1, 0.15) is 5.01 Å². The highest BCUT2D eigenvalue weighted by Gasteiger charge is 2.13. The summed E-state index contributed by atoms with van der Waals surface area (Å²) in [6.45, 7) is 0. The Hall–Kier alpha value is -2.77. The average molecular weight is 384 g/mol. The smallest absolute Gasteiger partial charge is 0.232 e. The second kappa shape index (κ2) is 6.86. The summed E-state index contributed by atoms with van der Waals surface area (Å²) in [4.78, 5) is 25.4. The minimum absolute atomic E-state index is 0.169. The Morgan fingerprint density at radius 2 is 2.19 bits per heavy atom. The summed E-state index contributed by atoms with van der Waals surface area (Å²) in [5.41, 5.74) is 3.30. The second-order valence-electron chi connectivity index (χ2n) is 5.74. The number of fused-ring (bicyclic) bond motifs is 1. The summed E-state index contributed by atoms with van der Waals surface area (Å²) in [7, 11) is 1.85. The fourth-order valence-electron chi connectivity index (χ4n) is 2.63. The van der Waals surface area contributed by atoms with Crippen molar-refractivity contribution < 1.29 is 4.79 Å². The quantitative estimate of drug-likeness (QED) is 0.579. The van der Waals surface area contributed by atoms with Gasteiger partial charge in [0.25, 0.3) is 0 Å². The lowest BCUT2D eigenvalue weighted by atomic mass is 10.3. The number of rotatable bonds is 4. The molecule has 0 radical (unpaired) electrons. The van der Waals surface area contributed by atoms with Crippen LogP contribution in [0.4, 0.5) is 5.95 Å². The van der Waals surface area contributed by atoms with Crippen LogP contribution in [0.2, 0.25) is 5.02 Å². The van der Waals surface area contributed by atoms with E-state index < -0.39 is 0 Å². The van der Waals surface area contributed by atoms with Gasteiger partial charge in [0.2, 0.25) is 11.9 Å². The maximum atomic E-state index is 12.4. The highest BCUT2D eigenvalue weighted by molar-refractivity contribution is 7.13. The van der Waals surface area contributed by atoms with Crippen molar-refractivity contribution in [2.75, 3.05) is 5.32 Å². The molecule has 0 fully saturated rings. The van der Waals surface area contributed by atoms with Gasteiger partial charge in [0.05, 0.1) is 23.1 Å². The van der Waals surface area contributed by atoms with Gasteiger partial charge in [-0.25, -0.2) is 9.97 Å². The van der Waals surface area contributed by atoms with Gasteiger partial charge in [0, 0.05) is 35.4 Å². The van der Waals surface area contributed by atoms with Crippen LogP contribution in [-0.2, 0) is 18.3 Å². The van der Waals surface area contributed by atoms with E-state index in [0.717, 1.165) is 21.6 Å². The van der Waals surface area contributed by atoms with Crippen LogP contribution in [0.15, 0.2) is 48.1 Å². The number of anilines is 1. The molecule has 0 aliphatic rings. The van der Waals surface area contributed by atoms with Gasteiger partial charge in [-0.15, -0.1) is 11.3 Å². The Balaban J connectivity index is 1.49. The van der Waals surface area contributed by atoms with Crippen molar-refractivity contribution in [3.8, 4) is 10.6 Å². The van der Waals surface area contributed by atoms with Gasteiger partial charge in [-0.3, -0.25) is 15.1 Å². The third-order valence-corrected chi connectivity index (χ3v) is 5.07. The Bertz CT molecular complexity index is 1090. The normalized spacial score (nSPS) is 11.0. The first-order chi connectivity index (χ1) is 12.6. The summed E-state index contributed by atoms with van der Waals surface area (Å²) in [5, 5.41) is 6.18. The van der Waals surface area contributed by atoms with Crippen LogP contribution in [-0.4, -0.2) is 25.4 Å². The molecule has 26 heavy (non-hydrogen) atoms. The molecule has 130 valence electrons. The van der Waals surface area contributed by atoms with Crippen LogP contribution in [0.25, 0.3) is 21.6 Å². The summed E-state index contributed by atoms with van der Waals surface area (Å²) in [6.07, 6.45) is 3.66. The number of carbonyl (C=O) groups is 1. The number of benzene rings is 1. The largest absolute Gasteiger partial charge is 0.313 e. The van der Waals surface area contributed by atoms with E-state index in [0.29, 0.717) is 16.7 Å². The molecule has 0 aliphatic carbocycles. The van der Waals surface area contributed by atoms with Gasteiger partial charge < -0.3 is 4.57 Å². The van der Waals surface area contributed by atoms with Crippen LogP contribution < -0.4 is 5.32 Å². The first-order valence-corrected chi connectivity index (χ1v) is 9.12. The molecule has 3 heterocycles. The Morgan fingerprint density at radius 3 is 3.00 bits per heavy atom. The van der Waals surface area contributed by atoms with Gasteiger partial charge in [-0.2, -0.15) is 0 Å². The van der Waals surface area contributed by atoms with Gasteiger partial charge in [-0.05, 0) is 30.3 Å². The second-order valence-corrected chi connectivity index (χ2v) is 7.03. The molecule has 1 N–H and O–H groups in total. The molecule has 0 saturated heterocycles. The van der Waals surface area contributed by atoms with Gasteiger partial charge in [0.15, 0.2) is 0 Å². The van der Waals surface area contributed by atoms with Crippen molar-refractivity contribution in [3.05, 3.63) is 58.8 Å². The lowest BCUT2D eigenvalue weighted by Crippen LogP contribution is -2.17. The van der Waals surface area contributed by atoms with E-state index in [9.17, 15) is 4.79 Å². The molecule has 0 unspecified atom stereocenters. The highest BCUT2D eigenvalue weighted by Crippen LogP contribution is 2.24. The molecule has 4 rings (SSSR count). The number of pyridine rings is 1. The molecule has 1 amide bonds. The van der Waals surface area contributed by atoms with Crippen LogP contribution in [0.5, 0.6) is 0 Å². The number of aryl methyl sites for hydroxylation is 1. The Morgan fingerprint density at radius 1 is 1.31 bits per heavy atom. The molecule has 0 spiro atoms. The molecule has 0 saturated carbocycles. The molecule has 8 heteroatoms. The van der Waals surface area contributed by atoms with E-state index in [1.54, 1.807) is 24.5 Å². The highest BCUT2D eigenvalue weighted by atomic mass is 35.5. The van der Waals surface area contributed by atoms with Crippen molar-refractivity contribution in [1.82, 2.24) is 19.5 Å². The number of nitrogens with zero attached hydrogens (tertiary/aromatic N) is 4. The predicted octanol–water partition coefficient (Wildman–Crippen LogP) is 3.93. The first-order valence-electron chi connectivity index (χ1n) is 7.87. The number of carbonyl (C=O) groups excluding carboxylic acids is 1. The maximum absolute atomic E-state index is 12.4. The molecular formula is C18H14ClN5OS. The number of halogens is 1. The van der Waals surface area contributed by atoms with Gasteiger partial charge in [-0.1, -0.05) is 11.6 Å². The molecule has 3 aromatic heterocycles. The number of imidazole rings is 1. The summed E-state index contributed by atoms with van der Waals surface area (Å²) >= 11 is 7.49. The van der Waals surface area contributed by atoms with Crippen LogP contribution in [0.1, 0.15) is 5.69 Å². The minimum atomic E-state index is -0.169. The van der Waals surface area contributed by atoms with E-state index in [2.05, 4.69) is 20.3 Å². The van der Waals surface area contributed by atoms with Crippen LogP contribution in [0, 0.1) is 0 Å².